The first-order valence-corrected chi connectivity index (χ1v) is 7.23. The van der Waals surface area contributed by atoms with Gasteiger partial charge < -0.3 is 0 Å². The summed E-state index contributed by atoms with van der Waals surface area (Å²) in [5, 5.41) is 0. The van der Waals surface area contributed by atoms with Gasteiger partial charge in [-0.15, -0.1) is 0 Å². The van der Waals surface area contributed by atoms with Gasteiger partial charge in [0.05, 0.1) is 0 Å². The summed E-state index contributed by atoms with van der Waals surface area (Å²) in [7, 11) is 0. The summed E-state index contributed by atoms with van der Waals surface area (Å²) in [4.78, 5) is 5.14. The fraction of sp³-hybridized carbons (Fsp3) is 0.643. The van der Waals surface area contributed by atoms with Crippen LogP contribution in [-0.2, 0) is 6.42 Å². The number of nitrogens with zero attached hydrogens (tertiary/aromatic N) is 1. The SMILES string of the molecule is Cc1cccnc1CC(Br)C1C2CCCC21. The van der Waals surface area contributed by atoms with Gasteiger partial charge in [-0.1, -0.05) is 28.4 Å². The fourth-order valence-corrected chi connectivity index (χ4v) is 4.56. The molecular weight excluding hydrogens is 262 g/mol. The monoisotopic (exact) mass is 279 g/mol. The lowest BCUT2D eigenvalue weighted by atomic mass is 10.0. The first-order valence-electron chi connectivity index (χ1n) is 6.32. The number of hydrogen-bond donors (Lipinski definition) is 0. The molecule has 1 heterocycles. The second-order valence-corrected chi connectivity index (χ2v) is 6.50. The van der Waals surface area contributed by atoms with E-state index in [0.717, 1.165) is 24.2 Å². The highest BCUT2D eigenvalue weighted by Crippen LogP contribution is 2.60. The molecule has 3 unspecified atom stereocenters. The van der Waals surface area contributed by atoms with Crippen molar-refractivity contribution in [3.8, 4) is 0 Å². The molecule has 1 aromatic rings. The van der Waals surface area contributed by atoms with Gasteiger partial charge in [0.15, 0.2) is 0 Å². The lowest BCUT2D eigenvalue weighted by molar-refractivity contribution is 0.566. The highest BCUT2D eigenvalue weighted by atomic mass is 79.9. The summed E-state index contributed by atoms with van der Waals surface area (Å²) in [6, 6.07) is 4.18. The van der Waals surface area contributed by atoms with Crippen molar-refractivity contribution in [1.29, 1.82) is 0 Å². The average molecular weight is 280 g/mol. The van der Waals surface area contributed by atoms with E-state index in [2.05, 4.69) is 33.9 Å². The highest BCUT2D eigenvalue weighted by molar-refractivity contribution is 9.09. The molecule has 0 aromatic carbocycles. The molecule has 0 N–H and O–H groups in total. The third-order valence-electron chi connectivity index (χ3n) is 4.40. The predicted molar refractivity (Wildman–Crippen MR) is 69.7 cm³/mol. The zero-order valence-corrected chi connectivity index (χ0v) is 11.3. The van der Waals surface area contributed by atoms with Crippen LogP contribution in [0.3, 0.4) is 0 Å². The molecule has 0 aliphatic heterocycles. The number of alkyl halides is 1. The third kappa shape index (κ3) is 1.81. The van der Waals surface area contributed by atoms with Crippen molar-refractivity contribution in [3.05, 3.63) is 29.6 Å². The minimum absolute atomic E-state index is 0.649. The molecule has 16 heavy (non-hydrogen) atoms. The summed E-state index contributed by atoms with van der Waals surface area (Å²) in [6.45, 7) is 2.16. The molecule has 2 saturated carbocycles. The van der Waals surface area contributed by atoms with E-state index in [1.165, 1.54) is 30.5 Å². The van der Waals surface area contributed by atoms with Gasteiger partial charge in [0.25, 0.3) is 0 Å². The maximum Gasteiger partial charge on any atom is 0.0443 e. The topological polar surface area (TPSA) is 12.9 Å². The van der Waals surface area contributed by atoms with Gasteiger partial charge >= 0.3 is 0 Å². The van der Waals surface area contributed by atoms with Gasteiger partial charge in [0.1, 0.15) is 0 Å². The molecule has 3 rings (SSSR count). The summed E-state index contributed by atoms with van der Waals surface area (Å²) in [6.07, 6.45) is 7.42. The maximum absolute atomic E-state index is 4.49. The van der Waals surface area contributed by atoms with Gasteiger partial charge in [0, 0.05) is 23.1 Å². The van der Waals surface area contributed by atoms with Crippen LogP contribution in [0.5, 0.6) is 0 Å². The number of aryl methyl sites for hydroxylation is 1. The van der Waals surface area contributed by atoms with E-state index in [-0.39, 0.29) is 0 Å². The second kappa shape index (κ2) is 4.14. The molecular formula is C14H18BrN. The first kappa shape index (κ1) is 10.8. The molecule has 2 fully saturated rings. The number of fused-ring (bicyclic) bond motifs is 1. The predicted octanol–water partition coefficient (Wildman–Crippen LogP) is 3.74. The third-order valence-corrected chi connectivity index (χ3v) is 5.33. The van der Waals surface area contributed by atoms with E-state index in [1.807, 2.05) is 12.3 Å². The Kier molecular flexibility index (Phi) is 2.78. The van der Waals surface area contributed by atoms with Crippen molar-refractivity contribution in [2.24, 2.45) is 17.8 Å². The van der Waals surface area contributed by atoms with Crippen LogP contribution in [0.2, 0.25) is 0 Å². The Morgan fingerprint density at radius 3 is 2.88 bits per heavy atom. The number of pyridine rings is 1. The quantitative estimate of drug-likeness (QED) is 0.769. The van der Waals surface area contributed by atoms with Gasteiger partial charge in [0.2, 0.25) is 0 Å². The van der Waals surface area contributed by atoms with Crippen molar-refractivity contribution in [1.82, 2.24) is 4.98 Å². The molecule has 2 heteroatoms. The zero-order chi connectivity index (χ0) is 11.1. The minimum atomic E-state index is 0.649. The smallest absolute Gasteiger partial charge is 0.0443 e. The Morgan fingerprint density at radius 2 is 2.19 bits per heavy atom. The van der Waals surface area contributed by atoms with Gasteiger partial charge in [-0.2, -0.15) is 0 Å². The van der Waals surface area contributed by atoms with Gasteiger partial charge in [-0.25, -0.2) is 0 Å². The van der Waals surface area contributed by atoms with E-state index in [9.17, 15) is 0 Å². The molecule has 2 aliphatic rings. The Labute approximate surface area is 106 Å². The van der Waals surface area contributed by atoms with Crippen LogP contribution >= 0.6 is 15.9 Å². The van der Waals surface area contributed by atoms with Crippen molar-refractivity contribution in [3.63, 3.8) is 0 Å². The van der Waals surface area contributed by atoms with E-state index in [1.54, 1.807) is 0 Å². The zero-order valence-electron chi connectivity index (χ0n) is 9.70. The lowest BCUT2D eigenvalue weighted by Gasteiger charge is -2.12. The largest absolute Gasteiger partial charge is 0.261 e. The summed E-state index contributed by atoms with van der Waals surface area (Å²) in [5.74, 6) is 3.01. The highest BCUT2D eigenvalue weighted by Gasteiger charge is 2.55. The minimum Gasteiger partial charge on any atom is -0.261 e. The maximum atomic E-state index is 4.49. The lowest BCUT2D eigenvalue weighted by Crippen LogP contribution is -2.11. The number of rotatable bonds is 3. The van der Waals surface area contributed by atoms with Crippen LogP contribution in [0.1, 0.15) is 30.5 Å². The van der Waals surface area contributed by atoms with Crippen LogP contribution in [-0.4, -0.2) is 9.81 Å². The summed E-state index contributed by atoms with van der Waals surface area (Å²) in [5.41, 5.74) is 2.60. The molecule has 0 spiro atoms. The molecule has 3 atom stereocenters. The molecule has 0 saturated heterocycles. The van der Waals surface area contributed by atoms with Crippen molar-refractivity contribution in [2.75, 3.05) is 0 Å². The molecule has 0 amide bonds. The van der Waals surface area contributed by atoms with Crippen LogP contribution in [0.15, 0.2) is 18.3 Å². The average Bonchev–Trinajstić information content (AvgIpc) is 2.76. The molecule has 2 aliphatic carbocycles. The number of hydrogen-bond acceptors (Lipinski definition) is 1. The van der Waals surface area contributed by atoms with E-state index < -0.39 is 0 Å². The molecule has 0 radical (unpaired) electrons. The van der Waals surface area contributed by atoms with Crippen LogP contribution in [0, 0.1) is 24.7 Å². The van der Waals surface area contributed by atoms with Crippen LogP contribution < -0.4 is 0 Å². The van der Waals surface area contributed by atoms with E-state index >= 15 is 0 Å². The normalized spacial score (nSPS) is 33.5. The van der Waals surface area contributed by atoms with E-state index in [0.29, 0.717) is 4.83 Å². The number of aromatic nitrogens is 1. The number of halogens is 1. The van der Waals surface area contributed by atoms with Gasteiger partial charge in [-0.3, -0.25) is 4.98 Å². The van der Waals surface area contributed by atoms with Crippen LogP contribution in [0.25, 0.3) is 0 Å². The van der Waals surface area contributed by atoms with Crippen molar-refractivity contribution < 1.29 is 0 Å². The second-order valence-electron chi connectivity index (χ2n) is 5.32. The Balaban J connectivity index is 1.65. The molecule has 1 aromatic heterocycles. The molecule has 1 nitrogen and oxygen atoms in total. The Hall–Kier alpha value is -0.370. The standard InChI is InChI=1S/C14H18BrN/c1-9-4-3-7-16-13(9)8-12(15)14-10-5-2-6-11(10)14/h3-4,7,10-12,14H,2,5-6,8H2,1H3. The fourth-order valence-electron chi connectivity index (χ4n) is 3.47. The van der Waals surface area contributed by atoms with Crippen molar-refractivity contribution in [2.45, 2.75) is 37.4 Å². The summed E-state index contributed by atoms with van der Waals surface area (Å²) < 4.78 is 0. The Morgan fingerprint density at radius 1 is 1.44 bits per heavy atom. The Bertz CT molecular complexity index is 380. The van der Waals surface area contributed by atoms with Crippen molar-refractivity contribution >= 4 is 15.9 Å². The van der Waals surface area contributed by atoms with E-state index in [4.69, 9.17) is 0 Å². The van der Waals surface area contributed by atoms with Gasteiger partial charge in [-0.05, 0) is 49.1 Å². The summed E-state index contributed by atoms with van der Waals surface area (Å²) >= 11 is 3.89. The molecule has 0 bridgehead atoms. The molecule has 86 valence electrons. The first-order chi connectivity index (χ1) is 7.77. The van der Waals surface area contributed by atoms with Crippen LogP contribution in [0.4, 0.5) is 0 Å².